The second-order valence-corrected chi connectivity index (χ2v) is 6.23. The SMILES string of the molecule is COc1csc(C(=O)N2CCCN(CCBr)CC2)c1. The largest absolute Gasteiger partial charge is 0.496 e. The van der Waals surface area contributed by atoms with Crippen molar-refractivity contribution in [3.8, 4) is 5.75 Å². The maximum atomic E-state index is 12.4. The molecule has 19 heavy (non-hydrogen) atoms. The Morgan fingerprint density at radius 2 is 2.26 bits per heavy atom. The van der Waals surface area contributed by atoms with Crippen molar-refractivity contribution < 1.29 is 9.53 Å². The third-order valence-electron chi connectivity index (χ3n) is 3.30. The first-order valence-corrected chi connectivity index (χ1v) is 8.45. The van der Waals surface area contributed by atoms with Crippen molar-refractivity contribution in [3.63, 3.8) is 0 Å². The summed E-state index contributed by atoms with van der Waals surface area (Å²) in [6.07, 6.45) is 1.04. The second kappa shape index (κ2) is 7.26. The number of hydrogen-bond donors (Lipinski definition) is 0. The molecule has 4 nitrogen and oxygen atoms in total. The average molecular weight is 347 g/mol. The molecule has 2 heterocycles. The lowest BCUT2D eigenvalue weighted by molar-refractivity contribution is 0.0766. The highest BCUT2D eigenvalue weighted by Crippen LogP contribution is 2.23. The minimum atomic E-state index is 0.133. The van der Waals surface area contributed by atoms with Crippen molar-refractivity contribution in [2.24, 2.45) is 0 Å². The van der Waals surface area contributed by atoms with Crippen LogP contribution in [0.3, 0.4) is 0 Å². The number of nitrogens with zero attached hydrogens (tertiary/aromatic N) is 2. The number of carbonyl (C=O) groups excluding carboxylic acids is 1. The maximum Gasteiger partial charge on any atom is 0.264 e. The molecule has 0 aliphatic carbocycles. The fourth-order valence-electron chi connectivity index (χ4n) is 2.21. The van der Waals surface area contributed by atoms with Gasteiger partial charge in [0.15, 0.2) is 0 Å². The highest BCUT2D eigenvalue weighted by Gasteiger charge is 2.21. The van der Waals surface area contributed by atoms with E-state index in [2.05, 4.69) is 20.8 Å². The number of halogens is 1. The summed E-state index contributed by atoms with van der Waals surface area (Å²) < 4.78 is 5.13. The number of amides is 1. The van der Waals surface area contributed by atoms with Gasteiger partial charge in [-0.3, -0.25) is 4.79 Å². The van der Waals surface area contributed by atoms with E-state index in [0.29, 0.717) is 0 Å². The molecule has 0 radical (unpaired) electrons. The molecule has 0 bridgehead atoms. The highest BCUT2D eigenvalue weighted by atomic mass is 79.9. The first-order valence-electron chi connectivity index (χ1n) is 6.44. The van der Waals surface area contributed by atoms with Gasteiger partial charge in [0.05, 0.1) is 12.0 Å². The van der Waals surface area contributed by atoms with Gasteiger partial charge in [0.2, 0.25) is 0 Å². The van der Waals surface area contributed by atoms with Crippen LogP contribution in [0, 0.1) is 0 Å². The molecule has 0 unspecified atom stereocenters. The van der Waals surface area contributed by atoms with Gasteiger partial charge < -0.3 is 14.5 Å². The van der Waals surface area contributed by atoms with Gasteiger partial charge in [0.1, 0.15) is 5.75 Å². The Kier molecular flexibility index (Phi) is 5.66. The Hall–Kier alpha value is -0.590. The van der Waals surface area contributed by atoms with Crippen LogP contribution >= 0.6 is 27.3 Å². The summed E-state index contributed by atoms with van der Waals surface area (Å²) in [6.45, 7) is 4.74. The zero-order valence-corrected chi connectivity index (χ0v) is 13.5. The van der Waals surface area contributed by atoms with Crippen LogP contribution in [-0.2, 0) is 0 Å². The predicted octanol–water partition coefficient (Wildman–Crippen LogP) is 2.30. The third kappa shape index (κ3) is 3.94. The van der Waals surface area contributed by atoms with Gasteiger partial charge in [0, 0.05) is 43.0 Å². The van der Waals surface area contributed by atoms with Gasteiger partial charge in [-0.15, -0.1) is 11.3 Å². The van der Waals surface area contributed by atoms with Crippen LogP contribution in [0.25, 0.3) is 0 Å². The molecule has 0 spiro atoms. The molecular weight excluding hydrogens is 328 g/mol. The monoisotopic (exact) mass is 346 g/mol. The van der Waals surface area contributed by atoms with E-state index >= 15 is 0 Å². The van der Waals surface area contributed by atoms with Crippen molar-refractivity contribution in [2.45, 2.75) is 6.42 Å². The van der Waals surface area contributed by atoms with E-state index in [1.165, 1.54) is 11.3 Å². The van der Waals surface area contributed by atoms with Gasteiger partial charge >= 0.3 is 0 Å². The summed E-state index contributed by atoms with van der Waals surface area (Å²) in [5, 5.41) is 2.87. The van der Waals surface area contributed by atoms with E-state index in [1.807, 2.05) is 16.3 Å². The van der Waals surface area contributed by atoms with Crippen LogP contribution in [0.1, 0.15) is 16.1 Å². The molecule has 1 saturated heterocycles. The van der Waals surface area contributed by atoms with Gasteiger partial charge in [-0.25, -0.2) is 0 Å². The number of carbonyl (C=O) groups is 1. The summed E-state index contributed by atoms with van der Waals surface area (Å²) in [4.78, 5) is 17.5. The van der Waals surface area contributed by atoms with Crippen LogP contribution in [-0.4, -0.2) is 60.9 Å². The van der Waals surface area contributed by atoms with Crippen molar-refractivity contribution in [1.82, 2.24) is 9.80 Å². The summed E-state index contributed by atoms with van der Waals surface area (Å²) in [5.74, 6) is 0.901. The van der Waals surface area contributed by atoms with Gasteiger partial charge in [-0.2, -0.15) is 0 Å². The Balaban J connectivity index is 1.95. The predicted molar refractivity (Wildman–Crippen MR) is 81.6 cm³/mol. The van der Waals surface area contributed by atoms with Crippen LogP contribution < -0.4 is 4.74 Å². The summed E-state index contributed by atoms with van der Waals surface area (Å²) >= 11 is 4.92. The van der Waals surface area contributed by atoms with Crippen LogP contribution in [0.4, 0.5) is 0 Å². The quantitative estimate of drug-likeness (QED) is 0.784. The molecule has 2 rings (SSSR count). The molecule has 106 valence electrons. The number of alkyl halides is 1. The molecule has 1 aliphatic heterocycles. The lowest BCUT2D eigenvalue weighted by Crippen LogP contribution is -2.35. The first-order chi connectivity index (χ1) is 9.24. The Bertz CT molecular complexity index is 425. The Morgan fingerprint density at radius 3 is 2.95 bits per heavy atom. The van der Waals surface area contributed by atoms with E-state index < -0.39 is 0 Å². The van der Waals surface area contributed by atoms with Crippen LogP contribution in [0.5, 0.6) is 5.75 Å². The van der Waals surface area contributed by atoms with Gasteiger partial charge in [-0.05, 0) is 13.0 Å². The molecule has 1 aliphatic rings. The number of methoxy groups -OCH3 is 1. The topological polar surface area (TPSA) is 32.8 Å². The molecule has 1 aromatic heterocycles. The molecule has 0 atom stereocenters. The minimum Gasteiger partial charge on any atom is -0.496 e. The average Bonchev–Trinajstić information content (AvgIpc) is 2.79. The lowest BCUT2D eigenvalue weighted by atomic mass is 10.3. The van der Waals surface area contributed by atoms with Crippen molar-refractivity contribution in [3.05, 3.63) is 16.3 Å². The van der Waals surface area contributed by atoms with E-state index in [9.17, 15) is 4.79 Å². The minimum absolute atomic E-state index is 0.133. The lowest BCUT2D eigenvalue weighted by Gasteiger charge is -2.20. The van der Waals surface area contributed by atoms with Crippen LogP contribution in [0.15, 0.2) is 11.4 Å². The number of hydrogen-bond acceptors (Lipinski definition) is 4. The van der Waals surface area contributed by atoms with E-state index in [4.69, 9.17) is 4.74 Å². The van der Waals surface area contributed by atoms with E-state index in [0.717, 1.165) is 55.1 Å². The third-order valence-corrected chi connectivity index (χ3v) is 4.55. The summed E-state index contributed by atoms with van der Waals surface area (Å²) in [6, 6.07) is 1.83. The van der Waals surface area contributed by atoms with Crippen LogP contribution in [0.2, 0.25) is 0 Å². The first kappa shape index (κ1) is 14.8. The molecule has 1 fully saturated rings. The second-order valence-electron chi connectivity index (χ2n) is 4.53. The Morgan fingerprint density at radius 1 is 1.42 bits per heavy atom. The van der Waals surface area contributed by atoms with E-state index in [1.54, 1.807) is 7.11 Å². The number of ether oxygens (including phenoxy) is 1. The summed E-state index contributed by atoms with van der Waals surface area (Å²) in [5.41, 5.74) is 0. The normalized spacial score (nSPS) is 17.3. The molecule has 1 amide bonds. The molecule has 0 saturated carbocycles. The van der Waals surface area contributed by atoms with Gasteiger partial charge in [-0.1, -0.05) is 15.9 Å². The van der Waals surface area contributed by atoms with Crippen molar-refractivity contribution >= 4 is 33.2 Å². The van der Waals surface area contributed by atoms with Crippen molar-refractivity contribution in [1.29, 1.82) is 0 Å². The molecule has 0 N–H and O–H groups in total. The molecule has 0 aromatic carbocycles. The van der Waals surface area contributed by atoms with Crippen molar-refractivity contribution in [2.75, 3.05) is 45.2 Å². The molecular formula is C13H19BrN2O2S. The highest BCUT2D eigenvalue weighted by molar-refractivity contribution is 9.09. The fraction of sp³-hybridized carbons (Fsp3) is 0.615. The standard InChI is InChI=1S/C13H19BrN2O2S/c1-18-11-9-12(19-10-11)13(17)16-5-2-4-15(6-3-14)7-8-16/h9-10H,2-8H2,1H3. The molecule has 6 heteroatoms. The van der Waals surface area contributed by atoms with Gasteiger partial charge in [0.25, 0.3) is 5.91 Å². The summed E-state index contributed by atoms with van der Waals surface area (Å²) in [7, 11) is 1.63. The number of thiophene rings is 1. The zero-order valence-electron chi connectivity index (χ0n) is 11.1. The maximum absolute atomic E-state index is 12.4. The van der Waals surface area contributed by atoms with E-state index in [-0.39, 0.29) is 5.91 Å². The fourth-order valence-corrected chi connectivity index (χ4v) is 3.53. The number of rotatable bonds is 4. The Labute approximate surface area is 126 Å². The zero-order chi connectivity index (χ0) is 13.7. The molecule has 1 aromatic rings. The smallest absolute Gasteiger partial charge is 0.264 e.